The van der Waals surface area contributed by atoms with Gasteiger partial charge in [0.05, 0.1) is 24.4 Å². The number of rotatable bonds is 6. The highest BCUT2D eigenvalue weighted by molar-refractivity contribution is 5.45. The molecule has 1 fully saturated rings. The first-order chi connectivity index (χ1) is 9.69. The van der Waals surface area contributed by atoms with Gasteiger partial charge in [-0.15, -0.1) is 0 Å². The van der Waals surface area contributed by atoms with Crippen molar-refractivity contribution in [1.29, 1.82) is 0 Å². The van der Waals surface area contributed by atoms with E-state index in [9.17, 15) is 5.11 Å². The minimum atomic E-state index is 0.132. The number of aliphatic hydroxyl groups is 1. The molecule has 1 aliphatic heterocycles. The van der Waals surface area contributed by atoms with Gasteiger partial charge >= 0.3 is 0 Å². The van der Waals surface area contributed by atoms with E-state index in [1.54, 1.807) is 0 Å². The van der Waals surface area contributed by atoms with E-state index in [1.807, 2.05) is 23.3 Å². The van der Waals surface area contributed by atoms with Crippen LogP contribution in [0.3, 0.4) is 0 Å². The Morgan fingerprint density at radius 3 is 2.50 bits per heavy atom. The number of anilines is 1. The molecule has 0 saturated carbocycles. The van der Waals surface area contributed by atoms with Gasteiger partial charge in [-0.2, -0.15) is 0 Å². The molecule has 3 atom stereocenters. The highest BCUT2D eigenvalue weighted by atomic mass is 16.7. The molecule has 112 valence electrons. The Hall–Kier alpha value is -1.06. The smallest absolute Gasteiger partial charge is 0.0927 e. The summed E-state index contributed by atoms with van der Waals surface area (Å²) in [5.74, 6) is 0.640. The third kappa shape index (κ3) is 3.15. The van der Waals surface area contributed by atoms with Gasteiger partial charge in [-0.25, -0.2) is 0 Å². The summed E-state index contributed by atoms with van der Waals surface area (Å²) in [6, 6.07) is 10.5. The molecule has 0 radical (unpaired) electrons. The van der Waals surface area contributed by atoms with Gasteiger partial charge in [-0.1, -0.05) is 51.8 Å². The predicted octanol–water partition coefficient (Wildman–Crippen LogP) is 3.63. The van der Waals surface area contributed by atoms with Crippen LogP contribution in [0.2, 0.25) is 0 Å². The zero-order chi connectivity index (χ0) is 14.5. The summed E-state index contributed by atoms with van der Waals surface area (Å²) in [6.45, 7) is 6.79. The van der Waals surface area contributed by atoms with Gasteiger partial charge in [0.1, 0.15) is 0 Å². The second-order valence-corrected chi connectivity index (χ2v) is 6.03. The first kappa shape index (κ1) is 15.3. The van der Waals surface area contributed by atoms with Crippen LogP contribution in [0.25, 0.3) is 0 Å². The van der Waals surface area contributed by atoms with Crippen molar-refractivity contribution in [2.24, 2.45) is 11.8 Å². The normalized spacial score (nSPS) is 26.4. The van der Waals surface area contributed by atoms with Gasteiger partial charge in [-0.05, 0) is 24.5 Å². The molecule has 1 aromatic rings. The van der Waals surface area contributed by atoms with Crippen molar-refractivity contribution in [3.05, 3.63) is 30.3 Å². The molecule has 1 saturated heterocycles. The van der Waals surface area contributed by atoms with E-state index in [2.05, 4.69) is 32.9 Å². The van der Waals surface area contributed by atoms with Gasteiger partial charge in [0.2, 0.25) is 0 Å². The molecule has 1 heterocycles. The molecule has 0 bridgehead atoms. The third-order valence-electron chi connectivity index (χ3n) is 4.18. The Kier molecular flexibility index (Phi) is 5.44. The Morgan fingerprint density at radius 1 is 1.25 bits per heavy atom. The van der Waals surface area contributed by atoms with Gasteiger partial charge in [0.25, 0.3) is 0 Å². The predicted molar refractivity (Wildman–Crippen MR) is 82.5 cm³/mol. The van der Waals surface area contributed by atoms with Crippen molar-refractivity contribution in [3.63, 3.8) is 0 Å². The molecule has 2 rings (SSSR count). The second kappa shape index (κ2) is 7.09. The standard InChI is InChI=1S/C17H27NO2/c1-4-5-11-16-15(12-19)17(13(2)3)18(20-16)14-9-7-6-8-10-14/h6-10,13,15-17,19H,4-5,11-12H2,1-3H3/t15-,16-,17+/m1/s1. The summed E-state index contributed by atoms with van der Waals surface area (Å²) in [6.07, 6.45) is 3.46. The molecular formula is C17H27NO2. The van der Waals surface area contributed by atoms with Crippen LogP contribution >= 0.6 is 0 Å². The lowest BCUT2D eigenvalue weighted by atomic mass is 9.86. The number of hydrogen-bond acceptors (Lipinski definition) is 3. The van der Waals surface area contributed by atoms with Crippen LogP contribution in [0, 0.1) is 11.8 Å². The molecule has 20 heavy (non-hydrogen) atoms. The lowest BCUT2D eigenvalue weighted by molar-refractivity contribution is 0.0488. The average molecular weight is 277 g/mol. The van der Waals surface area contributed by atoms with Crippen LogP contribution in [0.15, 0.2) is 30.3 Å². The molecule has 0 spiro atoms. The number of para-hydroxylation sites is 1. The molecule has 0 unspecified atom stereocenters. The van der Waals surface area contributed by atoms with E-state index in [4.69, 9.17) is 4.84 Å². The Morgan fingerprint density at radius 2 is 1.95 bits per heavy atom. The molecule has 1 aromatic carbocycles. The SMILES string of the molecule is CCCC[C@H]1ON(c2ccccc2)[C@@H](C(C)C)[C@@H]1CO. The maximum Gasteiger partial charge on any atom is 0.0927 e. The molecule has 0 amide bonds. The summed E-state index contributed by atoms with van der Waals surface area (Å²) in [7, 11) is 0. The van der Waals surface area contributed by atoms with Crippen molar-refractivity contribution in [2.45, 2.75) is 52.2 Å². The van der Waals surface area contributed by atoms with E-state index >= 15 is 0 Å². The fourth-order valence-corrected chi connectivity index (χ4v) is 3.16. The van der Waals surface area contributed by atoms with Crippen molar-refractivity contribution in [3.8, 4) is 0 Å². The van der Waals surface area contributed by atoms with Crippen molar-refractivity contribution in [1.82, 2.24) is 0 Å². The van der Waals surface area contributed by atoms with Crippen molar-refractivity contribution < 1.29 is 9.94 Å². The fraction of sp³-hybridized carbons (Fsp3) is 0.647. The van der Waals surface area contributed by atoms with Gasteiger partial charge in [-0.3, -0.25) is 9.90 Å². The van der Waals surface area contributed by atoms with Gasteiger partial charge in [0.15, 0.2) is 0 Å². The third-order valence-corrected chi connectivity index (χ3v) is 4.18. The van der Waals surface area contributed by atoms with Crippen LogP contribution in [0.5, 0.6) is 0 Å². The Balaban J connectivity index is 2.22. The van der Waals surface area contributed by atoms with E-state index in [0.29, 0.717) is 5.92 Å². The number of unbranched alkanes of at least 4 members (excludes halogenated alkanes) is 1. The van der Waals surface area contributed by atoms with Gasteiger partial charge < -0.3 is 5.11 Å². The summed E-state index contributed by atoms with van der Waals surface area (Å²) in [5, 5.41) is 11.8. The zero-order valence-corrected chi connectivity index (χ0v) is 12.8. The maximum absolute atomic E-state index is 9.81. The summed E-state index contributed by atoms with van der Waals surface area (Å²) in [5.41, 5.74) is 1.09. The largest absolute Gasteiger partial charge is 0.396 e. The Labute approximate surface area is 122 Å². The first-order valence-corrected chi connectivity index (χ1v) is 7.81. The fourth-order valence-electron chi connectivity index (χ4n) is 3.16. The van der Waals surface area contributed by atoms with Crippen LogP contribution in [0.1, 0.15) is 40.0 Å². The van der Waals surface area contributed by atoms with Gasteiger partial charge in [0, 0.05) is 5.92 Å². The monoisotopic (exact) mass is 277 g/mol. The summed E-state index contributed by atoms with van der Waals surface area (Å²) in [4.78, 5) is 6.20. The molecule has 0 aromatic heterocycles. The number of hydroxylamine groups is 1. The van der Waals surface area contributed by atoms with Crippen molar-refractivity contribution in [2.75, 3.05) is 11.7 Å². The van der Waals surface area contributed by atoms with E-state index in [1.165, 1.54) is 0 Å². The molecule has 3 heteroatoms. The molecule has 3 nitrogen and oxygen atoms in total. The number of aliphatic hydroxyl groups excluding tert-OH is 1. The van der Waals surface area contributed by atoms with Crippen LogP contribution < -0.4 is 5.06 Å². The van der Waals surface area contributed by atoms with E-state index in [0.717, 1.165) is 24.9 Å². The molecular weight excluding hydrogens is 250 g/mol. The van der Waals surface area contributed by atoms with Crippen molar-refractivity contribution >= 4 is 5.69 Å². The highest BCUT2D eigenvalue weighted by Gasteiger charge is 2.44. The first-order valence-electron chi connectivity index (χ1n) is 7.81. The van der Waals surface area contributed by atoms with Crippen LogP contribution in [-0.2, 0) is 4.84 Å². The average Bonchev–Trinajstić information content (AvgIpc) is 2.84. The molecule has 0 aliphatic carbocycles. The maximum atomic E-state index is 9.81. The molecule has 1 N–H and O–H groups in total. The Bertz CT molecular complexity index is 393. The molecule has 1 aliphatic rings. The lowest BCUT2D eigenvalue weighted by Gasteiger charge is -2.29. The zero-order valence-electron chi connectivity index (χ0n) is 12.8. The number of hydrogen-bond donors (Lipinski definition) is 1. The minimum Gasteiger partial charge on any atom is -0.396 e. The topological polar surface area (TPSA) is 32.7 Å². The highest BCUT2D eigenvalue weighted by Crippen LogP contribution is 2.37. The quantitative estimate of drug-likeness (QED) is 0.862. The summed E-state index contributed by atoms with van der Waals surface area (Å²) >= 11 is 0. The van der Waals surface area contributed by atoms with E-state index < -0.39 is 0 Å². The van der Waals surface area contributed by atoms with E-state index in [-0.39, 0.29) is 24.7 Å². The number of benzene rings is 1. The lowest BCUT2D eigenvalue weighted by Crippen LogP contribution is -2.38. The summed E-state index contributed by atoms with van der Waals surface area (Å²) < 4.78 is 0. The van der Waals surface area contributed by atoms with Crippen LogP contribution in [-0.4, -0.2) is 23.9 Å². The minimum absolute atomic E-state index is 0.132. The number of nitrogens with zero attached hydrogens (tertiary/aromatic N) is 1. The van der Waals surface area contributed by atoms with Crippen LogP contribution in [0.4, 0.5) is 5.69 Å². The second-order valence-electron chi connectivity index (χ2n) is 6.03.